The summed E-state index contributed by atoms with van der Waals surface area (Å²) in [7, 11) is 1.63. The Balaban J connectivity index is 1.45. The van der Waals surface area contributed by atoms with Crippen LogP contribution in [0.5, 0.6) is 5.75 Å². The van der Waals surface area contributed by atoms with Crippen LogP contribution in [-0.2, 0) is 22.7 Å². The summed E-state index contributed by atoms with van der Waals surface area (Å²) in [6, 6.07) is 23.7. The number of carbonyl (C=O) groups is 3. The average Bonchev–Trinajstić information content (AvgIpc) is 3.31. The van der Waals surface area contributed by atoms with Crippen molar-refractivity contribution in [3.8, 4) is 5.75 Å². The fourth-order valence-corrected chi connectivity index (χ4v) is 5.59. The summed E-state index contributed by atoms with van der Waals surface area (Å²) in [5, 5.41) is 6.25. The van der Waals surface area contributed by atoms with Crippen LogP contribution in [0.3, 0.4) is 0 Å². The van der Waals surface area contributed by atoms with Gasteiger partial charge in [-0.3, -0.25) is 14.6 Å². The van der Waals surface area contributed by atoms with E-state index in [-0.39, 0.29) is 37.5 Å². The van der Waals surface area contributed by atoms with Crippen molar-refractivity contribution in [2.45, 2.75) is 32.2 Å². The van der Waals surface area contributed by atoms with Crippen LogP contribution in [0.25, 0.3) is 0 Å². The first kappa shape index (κ1) is 27.9. The number of rotatable bonds is 9. The van der Waals surface area contributed by atoms with Gasteiger partial charge >= 0.3 is 6.03 Å². The van der Waals surface area contributed by atoms with Gasteiger partial charge in [0.1, 0.15) is 18.0 Å². The number of urea groups is 1. The summed E-state index contributed by atoms with van der Waals surface area (Å²) in [5.41, 5.74) is 3.63. The van der Waals surface area contributed by atoms with Crippen molar-refractivity contribution >= 4 is 17.8 Å². The number of aryl methyl sites for hydroxylation is 1. The van der Waals surface area contributed by atoms with Crippen molar-refractivity contribution in [2.75, 3.05) is 26.7 Å². The number of methoxy groups -OCH3 is 1. The fraction of sp³-hybridized carbons (Fsp3) is 0.281. The summed E-state index contributed by atoms with van der Waals surface area (Å²) >= 11 is 0. The molecule has 4 amide bonds. The summed E-state index contributed by atoms with van der Waals surface area (Å²) in [4.78, 5) is 44.4. The molecule has 0 spiro atoms. The van der Waals surface area contributed by atoms with Crippen LogP contribution in [0.2, 0.25) is 0 Å². The second-order valence-corrected chi connectivity index (χ2v) is 10.2. The van der Waals surface area contributed by atoms with E-state index in [2.05, 4.69) is 11.9 Å². The number of nitrogens with one attached hydrogen (secondary N) is 1. The molecule has 2 aliphatic heterocycles. The van der Waals surface area contributed by atoms with Crippen LogP contribution < -0.4 is 10.1 Å². The number of piperazine rings is 1. The van der Waals surface area contributed by atoms with Crippen molar-refractivity contribution < 1.29 is 19.1 Å². The number of benzene rings is 3. The number of nitrogens with zero attached hydrogens (tertiary/aromatic N) is 4. The lowest BCUT2D eigenvalue weighted by molar-refractivity contribution is -0.158. The first-order valence-electron chi connectivity index (χ1n) is 13.7. The minimum atomic E-state index is -0.801. The quantitative estimate of drug-likeness (QED) is 0.407. The molecular formula is C32H35N5O4. The molecule has 0 radical (unpaired) electrons. The van der Waals surface area contributed by atoms with E-state index in [0.29, 0.717) is 13.1 Å². The average molecular weight is 554 g/mol. The Morgan fingerprint density at radius 2 is 1.76 bits per heavy atom. The van der Waals surface area contributed by atoms with Gasteiger partial charge < -0.3 is 19.9 Å². The van der Waals surface area contributed by atoms with Gasteiger partial charge in [0.15, 0.2) is 0 Å². The third-order valence-electron chi connectivity index (χ3n) is 7.54. The molecule has 2 atom stereocenters. The van der Waals surface area contributed by atoms with E-state index in [1.54, 1.807) is 28.0 Å². The Morgan fingerprint density at radius 1 is 1.05 bits per heavy atom. The number of carbonyl (C=O) groups excluding carboxylic acids is 3. The van der Waals surface area contributed by atoms with Gasteiger partial charge in [0.05, 0.1) is 26.7 Å². The standard InChI is InChI=1S/C32H35N5O4/c1-4-17-35(32(40)33-19-24-11-7-5-8-12-24)36-22-29(38)37-28(36)21-34(20-25-15-16-27(41-3)23(2)18-25)31(39)30(37)26-13-9-6-10-14-26/h4-16,18,28,30H,1,17,19-22H2,2-3H3,(H,33,40)/t28-,30+/m1/s1. The largest absolute Gasteiger partial charge is 0.496 e. The molecule has 0 unspecified atom stereocenters. The number of ether oxygens (including phenoxy) is 1. The number of amides is 4. The maximum absolute atomic E-state index is 14.0. The van der Waals surface area contributed by atoms with E-state index in [1.807, 2.05) is 85.8 Å². The molecule has 0 bridgehead atoms. The number of hydrazine groups is 1. The molecule has 3 aromatic rings. The van der Waals surface area contributed by atoms with Gasteiger partial charge in [-0.05, 0) is 35.2 Å². The molecule has 9 nitrogen and oxygen atoms in total. The van der Waals surface area contributed by atoms with Crippen molar-refractivity contribution in [1.29, 1.82) is 0 Å². The van der Waals surface area contributed by atoms with Gasteiger partial charge in [0.2, 0.25) is 5.91 Å². The molecule has 0 saturated carbocycles. The molecule has 5 rings (SSSR count). The molecular weight excluding hydrogens is 518 g/mol. The molecule has 212 valence electrons. The molecule has 2 aliphatic rings. The lowest BCUT2D eigenvalue weighted by Gasteiger charge is -2.46. The van der Waals surface area contributed by atoms with Crippen molar-refractivity contribution in [3.05, 3.63) is 114 Å². The van der Waals surface area contributed by atoms with E-state index in [4.69, 9.17) is 4.74 Å². The van der Waals surface area contributed by atoms with Crippen LogP contribution in [0, 0.1) is 6.92 Å². The second-order valence-electron chi connectivity index (χ2n) is 10.2. The topological polar surface area (TPSA) is 85.4 Å². The van der Waals surface area contributed by atoms with Gasteiger partial charge in [-0.2, -0.15) is 5.01 Å². The number of hydrogen-bond acceptors (Lipinski definition) is 5. The lowest BCUT2D eigenvalue weighted by atomic mass is 10.00. The first-order valence-corrected chi connectivity index (χ1v) is 13.7. The normalized spacial score (nSPS) is 18.7. The van der Waals surface area contributed by atoms with E-state index in [0.717, 1.165) is 28.0 Å². The molecule has 2 fully saturated rings. The van der Waals surface area contributed by atoms with Crippen molar-refractivity contribution in [3.63, 3.8) is 0 Å². The minimum Gasteiger partial charge on any atom is -0.496 e. The van der Waals surface area contributed by atoms with E-state index in [1.165, 1.54) is 5.01 Å². The molecule has 41 heavy (non-hydrogen) atoms. The first-order chi connectivity index (χ1) is 19.9. The highest BCUT2D eigenvalue weighted by atomic mass is 16.5. The third kappa shape index (κ3) is 5.81. The van der Waals surface area contributed by atoms with Crippen LogP contribution in [0.15, 0.2) is 91.5 Å². The third-order valence-corrected chi connectivity index (χ3v) is 7.54. The maximum Gasteiger partial charge on any atom is 0.332 e. The molecule has 2 saturated heterocycles. The molecule has 0 aromatic heterocycles. The smallest absolute Gasteiger partial charge is 0.332 e. The Kier molecular flexibility index (Phi) is 8.35. The Bertz CT molecular complexity index is 1410. The van der Waals surface area contributed by atoms with Crippen molar-refractivity contribution in [1.82, 2.24) is 25.1 Å². The molecule has 2 heterocycles. The Morgan fingerprint density at radius 3 is 2.41 bits per heavy atom. The van der Waals surface area contributed by atoms with Gasteiger partial charge in [-0.1, -0.05) is 78.9 Å². The summed E-state index contributed by atoms with van der Waals surface area (Å²) in [6.45, 7) is 6.95. The van der Waals surface area contributed by atoms with Gasteiger partial charge in [0, 0.05) is 13.1 Å². The fourth-order valence-electron chi connectivity index (χ4n) is 5.59. The van der Waals surface area contributed by atoms with E-state index < -0.39 is 12.2 Å². The van der Waals surface area contributed by atoms with Crippen LogP contribution >= 0.6 is 0 Å². The number of fused-ring (bicyclic) bond motifs is 1. The highest BCUT2D eigenvalue weighted by molar-refractivity contribution is 5.92. The van der Waals surface area contributed by atoms with Crippen LogP contribution in [-0.4, -0.2) is 70.6 Å². The zero-order valence-electron chi connectivity index (χ0n) is 23.4. The molecule has 1 N–H and O–H groups in total. The maximum atomic E-state index is 14.0. The predicted octanol–water partition coefficient (Wildman–Crippen LogP) is 3.87. The zero-order chi connectivity index (χ0) is 28.9. The van der Waals surface area contributed by atoms with Gasteiger partial charge in [0.25, 0.3) is 5.91 Å². The van der Waals surface area contributed by atoms with Crippen molar-refractivity contribution in [2.24, 2.45) is 0 Å². The van der Waals surface area contributed by atoms with Gasteiger partial charge in [-0.15, -0.1) is 6.58 Å². The predicted molar refractivity (Wildman–Crippen MR) is 155 cm³/mol. The van der Waals surface area contributed by atoms with E-state index >= 15 is 0 Å². The minimum absolute atomic E-state index is 0.0244. The number of hydrogen-bond donors (Lipinski definition) is 1. The SMILES string of the molecule is C=CCN(C(=O)NCc1ccccc1)N1CC(=O)N2[C@@H](c3ccccc3)C(=O)N(Cc3ccc(OC)c(C)c3)C[C@@H]21. The summed E-state index contributed by atoms with van der Waals surface area (Å²) in [6.07, 6.45) is 1.10. The highest BCUT2D eigenvalue weighted by Gasteiger charge is 2.52. The second kappa shape index (κ2) is 12.3. The van der Waals surface area contributed by atoms with E-state index in [9.17, 15) is 14.4 Å². The van der Waals surface area contributed by atoms with Crippen LogP contribution in [0.1, 0.15) is 28.3 Å². The summed E-state index contributed by atoms with van der Waals surface area (Å²) < 4.78 is 5.41. The molecule has 9 heteroatoms. The lowest BCUT2D eigenvalue weighted by Crippen LogP contribution is -2.62. The monoisotopic (exact) mass is 553 g/mol. The zero-order valence-corrected chi connectivity index (χ0v) is 23.4. The van der Waals surface area contributed by atoms with Gasteiger partial charge in [-0.25, -0.2) is 4.79 Å². The molecule has 3 aromatic carbocycles. The van der Waals surface area contributed by atoms with Crippen LogP contribution in [0.4, 0.5) is 4.79 Å². The molecule has 0 aliphatic carbocycles. The Labute approximate surface area is 240 Å². The Hall–Kier alpha value is -4.63. The summed E-state index contributed by atoms with van der Waals surface area (Å²) in [5.74, 6) is 0.420. The highest BCUT2D eigenvalue weighted by Crippen LogP contribution is 2.36.